The topological polar surface area (TPSA) is 205 Å². The van der Waals surface area contributed by atoms with E-state index in [2.05, 4.69) is 34.5 Å². The molecule has 2 aromatic rings. The van der Waals surface area contributed by atoms with Crippen molar-refractivity contribution in [3.8, 4) is 23.8 Å². The van der Waals surface area contributed by atoms with Gasteiger partial charge in [-0.1, -0.05) is 32.6 Å². The standard InChI is InChI=1S/C23H36N4O5S.C23H34N4O5S/c1-2-3-18-32-21-8-6-20(7-9-21)26-14-16-27(17-15-26)33(30,31)23(22(28)24-29)10-12-25(13-11-23)19-4-5-19;1-3-5-19-32-21-8-6-20(7-9-21)26-15-17-27(18-16-26)33(30,31)23(22(28)24-29)10-13-25(12-4-2)14-11-23/h6-9,19,29H,2-5,10-18H2,1H3,(H,24,28);2,6-9,29H,3,5,10-19H2,1H3,(H,24,28). The number of anilines is 2. The van der Waals surface area contributed by atoms with E-state index in [1.165, 1.54) is 8.61 Å². The van der Waals surface area contributed by atoms with Crippen molar-refractivity contribution < 1.29 is 46.3 Å². The normalized spacial score (nSPS) is 20.9. The van der Waals surface area contributed by atoms with Crippen molar-refractivity contribution in [1.29, 1.82) is 0 Å². The van der Waals surface area contributed by atoms with Crippen LogP contribution in [0.1, 0.15) is 78.1 Å². The van der Waals surface area contributed by atoms with E-state index >= 15 is 0 Å². The van der Waals surface area contributed by atoms with Gasteiger partial charge < -0.3 is 24.2 Å². The predicted molar refractivity (Wildman–Crippen MR) is 253 cm³/mol. The van der Waals surface area contributed by atoms with Gasteiger partial charge in [-0.15, -0.1) is 6.42 Å². The highest BCUT2D eigenvalue weighted by Crippen LogP contribution is 2.39. The summed E-state index contributed by atoms with van der Waals surface area (Å²) in [7, 11) is -7.91. The molecular weight excluding hydrogens is 889 g/mol. The van der Waals surface area contributed by atoms with Gasteiger partial charge in [0.15, 0.2) is 9.49 Å². The molecule has 4 heterocycles. The van der Waals surface area contributed by atoms with Crippen molar-refractivity contribution in [1.82, 2.24) is 29.4 Å². The Labute approximate surface area is 391 Å². The van der Waals surface area contributed by atoms with Crippen molar-refractivity contribution >= 4 is 43.2 Å². The maximum absolute atomic E-state index is 13.7. The van der Waals surface area contributed by atoms with Crippen molar-refractivity contribution in [3.63, 3.8) is 0 Å². The van der Waals surface area contributed by atoms with Crippen LogP contribution in [0, 0.1) is 12.3 Å². The van der Waals surface area contributed by atoms with Gasteiger partial charge in [-0.05, 0) is 99.9 Å². The third-order valence-electron chi connectivity index (χ3n) is 13.8. The molecule has 4 aliphatic heterocycles. The first-order valence-electron chi connectivity index (χ1n) is 23.5. The SMILES string of the molecule is C#CCN1CCC(C(=O)NO)(S(=O)(=O)N2CCN(c3ccc(OCCCC)cc3)CC2)CC1.CCCCOc1ccc(N2CCN(S(=O)(=O)C3(C(=O)NO)CCN(C4CC4)CC3)CC2)cc1. The van der Waals surface area contributed by atoms with Crippen LogP contribution in [0.2, 0.25) is 0 Å². The van der Waals surface area contributed by atoms with Crippen LogP contribution in [0.4, 0.5) is 11.4 Å². The van der Waals surface area contributed by atoms with Crippen LogP contribution in [-0.2, 0) is 29.6 Å². The lowest BCUT2D eigenvalue weighted by molar-refractivity contribution is -0.134. The number of terminal acetylenes is 1. The number of nitrogens with one attached hydrogen (secondary N) is 2. The first-order valence-corrected chi connectivity index (χ1v) is 26.4. The van der Waals surface area contributed by atoms with Gasteiger partial charge in [0.25, 0.3) is 11.8 Å². The number of benzene rings is 2. The summed E-state index contributed by atoms with van der Waals surface area (Å²) in [6.45, 7) is 11.2. The lowest BCUT2D eigenvalue weighted by Gasteiger charge is -2.44. The van der Waals surface area contributed by atoms with Gasteiger partial charge in [0.1, 0.15) is 11.5 Å². The minimum Gasteiger partial charge on any atom is -0.494 e. The van der Waals surface area contributed by atoms with Crippen LogP contribution in [0.15, 0.2) is 48.5 Å². The number of hydrogen-bond donors (Lipinski definition) is 4. The highest BCUT2D eigenvalue weighted by Gasteiger charge is 2.57. The smallest absolute Gasteiger partial charge is 0.266 e. The van der Waals surface area contributed by atoms with E-state index in [0.717, 1.165) is 61.4 Å². The summed E-state index contributed by atoms with van der Waals surface area (Å²) in [6.07, 6.45) is 12.4. The molecule has 0 atom stereocenters. The van der Waals surface area contributed by atoms with Crippen molar-refractivity contribution in [2.24, 2.45) is 0 Å². The molecule has 5 fully saturated rings. The molecule has 1 saturated carbocycles. The van der Waals surface area contributed by atoms with Gasteiger partial charge in [-0.3, -0.25) is 24.9 Å². The number of rotatable bonds is 18. The molecule has 18 nitrogen and oxygen atoms in total. The zero-order valence-electron chi connectivity index (χ0n) is 38.6. The Kier molecular flexibility index (Phi) is 18.0. The molecule has 366 valence electrons. The number of piperidine rings is 2. The van der Waals surface area contributed by atoms with Crippen molar-refractivity contribution in [3.05, 3.63) is 48.5 Å². The Morgan fingerprint density at radius 2 is 1.02 bits per heavy atom. The van der Waals surface area contributed by atoms with Gasteiger partial charge in [0, 0.05) is 96.0 Å². The fraction of sp³-hybridized carbons (Fsp3) is 0.652. The van der Waals surface area contributed by atoms with E-state index in [-0.39, 0.29) is 38.8 Å². The van der Waals surface area contributed by atoms with Gasteiger partial charge in [-0.2, -0.15) is 8.61 Å². The number of amides is 2. The van der Waals surface area contributed by atoms with Crippen LogP contribution in [0.5, 0.6) is 11.5 Å². The third kappa shape index (κ3) is 11.5. The molecule has 2 amide bonds. The summed E-state index contributed by atoms with van der Waals surface area (Å²) in [5, 5.41) is 18.7. The first-order chi connectivity index (χ1) is 31.8. The highest BCUT2D eigenvalue weighted by atomic mass is 32.2. The minimum atomic E-state index is -3.99. The van der Waals surface area contributed by atoms with E-state index in [9.17, 15) is 36.8 Å². The number of hydroxylamine groups is 2. The third-order valence-corrected chi connectivity index (χ3v) is 19.0. The fourth-order valence-corrected chi connectivity index (χ4v) is 13.6. The van der Waals surface area contributed by atoms with Crippen LogP contribution in [-0.4, -0.2) is 171 Å². The second kappa shape index (κ2) is 23.2. The van der Waals surface area contributed by atoms with Crippen LogP contribution < -0.4 is 30.2 Å². The monoisotopic (exact) mass is 958 g/mol. The Hall–Kier alpha value is -4.20. The fourth-order valence-electron chi connectivity index (χ4n) is 9.34. The van der Waals surface area contributed by atoms with E-state index in [1.807, 2.05) is 53.4 Å². The molecule has 0 spiro atoms. The number of piperazine rings is 2. The molecule has 5 aliphatic rings. The summed E-state index contributed by atoms with van der Waals surface area (Å²) < 4.78 is 65.5. The van der Waals surface area contributed by atoms with Gasteiger partial charge >= 0.3 is 0 Å². The van der Waals surface area contributed by atoms with E-state index in [0.29, 0.717) is 91.2 Å². The number of sulfonamides is 2. The number of nitrogens with zero attached hydrogens (tertiary/aromatic N) is 6. The molecule has 0 aromatic heterocycles. The Balaban J connectivity index is 0.000000218. The average Bonchev–Trinajstić information content (AvgIpc) is 4.21. The average molecular weight is 959 g/mol. The van der Waals surface area contributed by atoms with E-state index in [4.69, 9.17) is 15.9 Å². The molecule has 0 bridgehead atoms. The summed E-state index contributed by atoms with van der Waals surface area (Å²) in [5.41, 5.74) is 5.28. The molecule has 4 N–H and O–H groups in total. The minimum absolute atomic E-state index is 0.0864. The maximum Gasteiger partial charge on any atom is 0.266 e. The van der Waals surface area contributed by atoms with Crippen LogP contribution >= 0.6 is 0 Å². The van der Waals surface area contributed by atoms with Gasteiger partial charge in [-0.25, -0.2) is 27.8 Å². The zero-order chi connectivity index (χ0) is 47.4. The molecule has 7 rings (SSSR count). The first kappa shape index (κ1) is 51.2. The van der Waals surface area contributed by atoms with E-state index < -0.39 is 41.4 Å². The lowest BCUT2D eigenvalue weighted by Crippen LogP contribution is -2.63. The number of unbranched alkanes of at least 4 members (excludes halogenated alkanes) is 2. The summed E-state index contributed by atoms with van der Waals surface area (Å²) >= 11 is 0. The molecule has 0 radical (unpaired) electrons. The Morgan fingerprint density at radius 1 is 0.636 bits per heavy atom. The Bertz CT molecular complexity index is 2140. The molecule has 66 heavy (non-hydrogen) atoms. The zero-order valence-corrected chi connectivity index (χ0v) is 40.2. The second-order valence-electron chi connectivity index (χ2n) is 17.8. The summed E-state index contributed by atoms with van der Waals surface area (Å²) in [5.74, 6) is 2.53. The highest BCUT2D eigenvalue weighted by molar-refractivity contribution is 7.91. The quantitative estimate of drug-likeness (QED) is 0.0735. The largest absolute Gasteiger partial charge is 0.494 e. The van der Waals surface area contributed by atoms with Crippen LogP contribution in [0.3, 0.4) is 0 Å². The molecule has 4 saturated heterocycles. The van der Waals surface area contributed by atoms with Gasteiger partial charge in [0.2, 0.25) is 20.0 Å². The molecule has 20 heteroatoms. The molecule has 0 unspecified atom stereocenters. The summed E-state index contributed by atoms with van der Waals surface area (Å²) in [6, 6.07) is 16.2. The second-order valence-corrected chi connectivity index (χ2v) is 22.3. The predicted octanol–water partition coefficient (Wildman–Crippen LogP) is 3.11. The number of ether oxygens (including phenoxy) is 2. The lowest BCUT2D eigenvalue weighted by atomic mass is 9.95. The maximum atomic E-state index is 13.7. The number of hydrogen-bond acceptors (Lipinski definition) is 14. The number of carbonyl (C=O) groups excluding carboxylic acids is 2. The number of carbonyl (C=O) groups is 2. The van der Waals surface area contributed by atoms with E-state index in [1.54, 1.807) is 11.0 Å². The Morgan fingerprint density at radius 3 is 1.35 bits per heavy atom. The number of likely N-dealkylation sites (tertiary alicyclic amines) is 2. The van der Waals surface area contributed by atoms with Crippen LogP contribution in [0.25, 0.3) is 0 Å². The molecule has 1 aliphatic carbocycles. The molecule has 2 aromatic carbocycles. The van der Waals surface area contributed by atoms with Crippen molar-refractivity contribution in [2.45, 2.75) is 93.6 Å². The molecular formula is C46H70N8O10S2. The summed E-state index contributed by atoms with van der Waals surface area (Å²) in [4.78, 5) is 33.8. The van der Waals surface area contributed by atoms with Crippen molar-refractivity contribution in [2.75, 3.05) is 108 Å². The van der Waals surface area contributed by atoms with Gasteiger partial charge in [0.05, 0.1) is 19.8 Å².